The van der Waals surface area contributed by atoms with Crippen LogP contribution in [0.15, 0.2) is 18.2 Å². The zero-order valence-corrected chi connectivity index (χ0v) is 11.4. The minimum absolute atomic E-state index is 0.0343. The summed E-state index contributed by atoms with van der Waals surface area (Å²) in [5.74, 6) is 0.813. The summed E-state index contributed by atoms with van der Waals surface area (Å²) in [6.07, 6.45) is 0. The van der Waals surface area contributed by atoms with E-state index in [2.05, 4.69) is 5.32 Å². The van der Waals surface area contributed by atoms with Crippen molar-refractivity contribution in [2.24, 2.45) is 0 Å². The first-order valence-corrected chi connectivity index (χ1v) is 6.46. The number of rotatable bonds is 9. The van der Waals surface area contributed by atoms with Crippen molar-refractivity contribution >= 4 is 11.6 Å². The molecule has 0 amide bonds. The number of hydrogen-bond donors (Lipinski definition) is 2. The molecule has 0 fully saturated rings. The van der Waals surface area contributed by atoms with Gasteiger partial charge in [-0.3, -0.25) is 0 Å². The summed E-state index contributed by atoms with van der Waals surface area (Å²) in [7, 11) is 0. The van der Waals surface area contributed by atoms with Gasteiger partial charge < -0.3 is 19.9 Å². The second kappa shape index (κ2) is 9.16. The van der Waals surface area contributed by atoms with Crippen molar-refractivity contribution in [3.63, 3.8) is 0 Å². The van der Waals surface area contributed by atoms with Gasteiger partial charge in [0.25, 0.3) is 0 Å². The molecule has 0 aliphatic carbocycles. The van der Waals surface area contributed by atoms with Crippen LogP contribution in [0.1, 0.15) is 12.5 Å². The van der Waals surface area contributed by atoms with Gasteiger partial charge >= 0.3 is 0 Å². The number of nitrogens with one attached hydrogen (secondary N) is 1. The van der Waals surface area contributed by atoms with Crippen molar-refractivity contribution < 1.29 is 14.6 Å². The van der Waals surface area contributed by atoms with Gasteiger partial charge in [0.2, 0.25) is 0 Å². The quantitative estimate of drug-likeness (QED) is 0.674. The van der Waals surface area contributed by atoms with Gasteiger partial charge in [-0.1, -0.05) is 18.5 Å². The van der Waals surface area contributed by atoms with Crippen LogP contribution < -0.4 is 10.1 Å². The van der Waals surface area contributed by atoms with Gasteiger partial charge in [0.15, 0.2) is 0 Å². The van der Waals surface area contributed by atoms with E-state index in [0.29, 0.717) is 24.8 Å². The van der Waals surface area contributed by atoms with Gasteiger partial charge in [-0.15, -0.1) is 0 Å². The normalized spacial score (nSPS) is 10.6. The topological polar surface area (TPSA) is 50.7 Å². The van der Waals surface area contributed by atoms with Crippen LogP contribution in [-0.4, -0.2) is 38.1 Å². The molecule has 0 unspecified atom stereocenters. The Kier molecular flexibility index (Phi) is 7.76. The van der Waals surface area contributed by atoms with Crippen molar-refractivity contribution in [1.82, 2.24) is 5.32 Å². The molecule has 102 valence electrons. The lowest BCUT2D eigenvalue weighted by molar-refractivity contribution is 0.0703. The monoisotopic (exact) mass is 273 g/mol. The van der Waals surface area contributed by atoms with Crippen LogP contribution in [0.5, 0.6) is 5.75 Å². The van der Waals surface area contributed by atoms with Crippen molar-refractivity contribution in [3.8, 4) is 5.75 Å². The Labute approximate surface area is 113 Å². The largest absolute Gasteiger partial charge is 0.491 e. The second-order valence-electron chi connectivity index (χ2n) is 3.72. The molecular weight excluding hydrogens is 254 g/mol. The molecule has 0 aliphatic rings. The summed E-state index contributed by atoms with van der Waals surface area (Å²) in [4.78, 5) is 0. The number of ether oxygens (including phenoxy) is 2. The van der Waals surface area contributed by atoms with E-state index in [-0.39, 0.29) is 6.61 Å². The van der Waals surface area contributed by atoms with Crippen molar-refractivity contribution in [1.29, 1.82) is 0 Å². The van der Waals surface area contributed by atoms with Gasteiger partial charge in [-0.25, -0.2) is 0 Å². The summed E-state index contributed by atoms with van der Waals surface area (Å²) < 4.78 is 10.8. The fraction of sp³-hybridized carbons (Fsp3) is 0.538. The predicted octanol–water partition coefficient (Wildman–Crippen LogP) is 1.84. The van der Waals surface area contributed by atoms with E-state index in [1.165, 1.54) is 0 Å². The molecule has 0 aromatic heterocycles. The highest BCUT2D eigenvalue weighted by Crippen LogP contribution is 2.22. The number of benzene rings is 1. The Bertz CT molecular complexity index is 347. The van der Waals surface area contributed by atoms with Crippen LogP contribution in [0.2, 0.25) is 5.02 Å². The maximum absolute atomic E-state index is 8.57. The van der Waals surface area contributed by atoms with E-state index in [4.69, 9.17) is 26.2 Å². The number of aliphatic hydroxyl groups excluding tert-OH is 1. The van der Waals surface area contributed by atoms with E-state index >= 15 is 0 Å². The lowest BCUT2D eigenvalue weighted by Crippen LogP contribution is -2.14. The third kappa shape index (κ3) is 5.69. The summed E-state index contributed by atoms with van der Waals surface area (Å²) in [6.45, 7) is 4.97. The lowest BCUT2D eigenvalue weighted by Gasteiger charge is -2.12. The van der Waals surface area contributed by atoms with Gasteiger partial charge in [0.1, 0.15) is 12.4 Å². The maximum atomic E-state index is 8.57. The SMILES string of the molecule is CCNCc1cc(Cl)ccc1OCCOCCO. The molecule has 18 heavy (non-hydrogen) atoms. The zero-order chi connectivity index (χ0) is 13.2. The molecule has 0 atom stereocenters. The molecule has 2 N–H and O–H groups in total. The average molecular weight is 274 g/mol. The maximum Gasteiger partial charge on any atom is 0.124 e. The highest BCUT2D eigenvalue weighted by atomic mass is 35.5. The van der Waals surface area contributed by atoms with E-state index < -0.39 is 0 Å². The van der Waals surface area contributed by atoms with Crippen LogP contribution in [-0.2, 0) is 11.3 Å². The molecule has 0 saturated carbocycles. The van der Waals surface area contributed by atoms with Crippen LogP contribution >= 0.6 is 11.6 Å². The molecule has 5 heteroatoms. The van der Waals surface area contributed by atoms with Crippen LogP contribution in [0.3, 0.4) is 0 Å². The molecular formula is C13H20ClNO3. The van der Waals surface area contributed by atoms with E-state index in [0.717, 1.165) is 24.4 Å². The van der Waals surface area contributed by atoms with E-state index in [9.17, 15) is 0 Å². The first-order chi connectivity index (χ1) is 8.77. The Morgan fingerprint density at radius 1 is 1.28 bits per heavy atom. The second-order valence-corrected chi connectivity index (χ2v) is 4.15. The molecule has 0 aliphatic heterocycles. The standard InChI is InChI=1S/C13H20ClNO3/c1-2-15-10-11-9-12(14)3-4-13(11)18-8-7-17-6-5-16/h3-4,9,15-16H,2,5-8,10H2,1H3. The third-order valence-electron chi connectivity index (χ3n) is 2.31. The number of hydrogen-bond acceptors (Lipinski definition) is 4. The molecule has 1 rings (SSSR count). The predicted molar refractivity (Wildman–Crippen MR) is 72.2 cm³/mol. The van der Waals surface area contributed by atoms with Gasteiger partial charge in [0, 0.05) is 17.1 Å². The zero-order valence-electron chi connectivity index (χ0n) is 10.6. The lowest BCUT2D eigenvalue weighted by atomic mass is 10.2. The Morgan fingerprint density at radius 3 is 2.83 bits per heavy atom. The number of aliphatic hydroxyl groups is 1. The summed E-state index contributed by atoms with van der Waals surface area (Å²) >= 11 is 5.96. The Morgan fingerprint density at radius 2 is 2.11 bits per heavy atom. The molecule has 0 heterocycles. The first kappa shape index (κ1) is 15.2. The van der Waals surface area contributed by atoms with Crippen LogP contribution in [0.25, 0.3) is 0 Å². The molecule has 1 aromatic carbocycles. The molecule has 1 aromatic rings. The minimum Gasteiger partial charge on any atom is -0.491 e. The minimum atomic E-state index is 0.0343. The van der Waals surface area contributed by atoms with Gasteiger partial charge in [-0.2, -0.15) is 0 Å². The summed E-state index contributed by atoms with van der Waals surface area (Å²) in [5.41, 5.74) is 1.03. The van der Waals surface area contributed by atoms with Crippen LogP contribution in [0.4, 0.5) is 0 Å². The van der Waals surface area contributed by atoms with Gasteiger partial charge in [0.05, 0.1) is 19.8 Å². The summed E-state index contributed by atoms with van der Waals surface area (Å²) in [5, 5.41) is 12.5. The molecule has 0 bridgehead atoms. The first-order valence-electron chi connectivity index (χ1n) is 6.08. The average Bonchev–Trinajstić information content (AvgIpc) is 2.38. The van der Waals surface area contributed by atoms with Crippen molar-refractivity contribution in [3.05, 3.63) is 28.8 Å². The smallest absolute Gasteiger partial charge is 0.124 e. The Balaban J connectivity index is 2.47. The fourth-order valence-electron chi connectivity index (χ4n) is 1.46. The van der Waals surface area contributed by atoms with Crippen LogP contribution in [0, 0.1) is 0 Å². The molecule has 4 nitrogen and oxygen atoms in total. The van der Waals surface area contributed by atoms with Crippen molar-refractivity contribution in [2.75, 3.05) is 33.0 Å². The fourth-order valence-corrected chi connectivity index (χ4v) is 1.66. The van der Waals surface area contributed by atoms with Gasteiger partial charge in [-0.05, 0) is 24.7 Å². The number of halogens is 1. The van der Waals surface area contributed by atoms with E-state index in [1.807, 2.05) is 19.1 Å². The Hall–Kier alpha value is -0.810. The summed E-state index contributed by atoms with van der Waals surface area (Å²) in [6, 6.07) is 5.57. The van der Waals surface area contributed by atoms with E-state index in [1.54, 1.807) is 6.07 Å². The highest BCUT2D eigenvalue weighted by Gasteiger charge is 2.04. The molecule has 0 radical (unpaired) electrons. The highest BCUT2D eigenvalue weighted by molar-refractivity contribution is 6.30. The molecule has 0 spiro atoms. The van der Waals surface area contributed by atoms with Crippen molar-refractivity contribution in [2.45, 2.75) is 13.5 Å². The third-order valence-corrected chi connectivity index (χ3v) is 2.54. The molecule has 0 saturated heterocycles.